The standard InChI is InChI=1S/C10H10BrClO2/c1-6-3-4-8(11)7(10(6)12)5-9(13)14-2/h3-4H,5H2,1-2H3. The lowest BCUT2D eigenvalue weighted by atomic mass is 10.1. The summed E-state index contributed by atoms with van der Waals surface area (Å²) in [6.07, 6.45) is 0.192. The molecule has 2 nitrogen and oxygen atoms in total. The summed E-state index contributed by atoms with van der Waals surface area (Å²) in [5.74, 6) is -0.293. The van der Waals surface area contributed by atoms with Gasteiger partial charge in [0, 0.05) is 9.50 Å². The van der Waals surface area contributed by atoms with Crippen LogP contribution in [0.25, 0.3) is 0 Å². The van der Waals surface area contributed by atoms with Crippen molar-refractivity contribution in [1.29, 1.82) is 0 Å². The third kappa shape index (κ3) is 2.49. The lowest BCUT2D eigenvalue weighted by Gasteiger charge is -2.08. The number of aryl methyl sites for hydroxylation is 1. The Balaban J connectivity index is 3.06. The average molecular weight is 278 g/mol. The molecule has 1 aromatic carbocycles. The lowest BCUT2D eigenvalue weighted by molar-refractivity contribution is -0.139. The molecule has 4 heteroatoms. The Bertz CT molecular complexity index is 363. The first kappa shape index (κ1) is 11.5. The van der Waals surface area contributed by atoms with Gasteiger partial charge < -0.3 is 4.74 Å². The van der Waals surface area contributed by atoms with Crippen molar-refractivity contribution < 1.29 is 9.53 Å². The van der Waals surface area contributed by atoms with E-state index in [2.05, 4.69) is 20.7 Å². The zero-order valence-corrected chi connectivity index (χ0v) is 10.3. The van der Waals surface area contributed by atoms with Crippen LogP contribution >= 0.6 is 27.5 Å². The van der Waals surface area contributed by atoms with Crippen LogP contribution in [-0.2, 0) is 16.0 Å². The van der Waals surface area contributed by atoms with Crippen LogP contribution in [0.3, 0.4) is 0 Å². The van der Waals surface area contributed by atoms with Gasteiger partial charge in [-0.2, -0.15) is 0 Å². The molecule has 0 aliphatic carbocycles. The fourth-order valence-electron chi connectivity index (χ4n) is 1.09. The number of rotatable bonds is 2. The Morgan fingerprint density at radius 1 is 1.57 bits per heavy atom. The SMILES string of the molecule is COC(=O)Cc1c(Br)ccc(C)c1Cl. The van der Waals surface area contributed by atoms with Crippen LogP contribution in [0.4, 0.5) is 0 Å². The smallest absolute Gasteiger partial charge is 0.310 e. The summed E-state index contributed by atoms with van der Waals surface area (Å²) in [4.78, 5) is 11.1. The van der Waals surface area contributed by atoms with Crippen LogP contribution < -0.4 is 0 Å². The van der Waals surface area contributed by atoms with Crippen molar-refractivity contribution in [2.75, 3.05) is 7.11 Å². The first-order valence-corrected chi connectivity index (χ1v) is 5.23. The van der Waals surface area contributed by atoms with E-state index in [0.717, 1.165) is 15.6 Å². The van der Waals surface area contributed by atoms with Crippen LogP contribution in [0.1, 0.15) is 11.1 Å². The molecule has 0 unspecified atom stereocenters. The molecule has 0 amide bonds. The molecule has 0 aromatic heterocycles. The van der Waals surface area contributed by atoms with E-state index < -0.39 is 0 Å². The molecular formula is C10H10BrClO2. The Morgan fingerprint density at radius 3 is 2.79 bits per heavy atom. The van der Waals surface area contributed by atoms with E-state index in [0.29, 0.717) is 5.02 Å². The third-order valence-electron chi connectivity index (χ3n) is 1.93. The maximum absolute atomic E-state index is 11.1. The molecule has 0 spiro atoms. The third-order valence-corrected chi connectivity index (χ3v) is 3.20. The van der Waals surface area contributed by atoms with Gasteiger partial charge in [0.15, 0.2) is 0 Å². The van der Waals surface area contributed by atoms with Gasteiger partial charge in [-0.1, -0.05) is 33.6 Å². The second kappa shape index (κ2) is 4.80. The molecule has 0 heterocycles. The number of methoxy groups -OCH3 is 1. The number of hydrogen-bond acceptors (Lipinski definition) is 2. The van der Waals surface area contributed by atoms with Crippen LogP contribution in [0.5, 0.6) is 0 Å². The van der Waals surface area contributed by atoms with E-state index in [9.17, 15) is 4.79 Å². The predicted molar refractivity (Wildman–Crippen MR) is 59.6 cm³/mol. The molecule has 76 valence electrons. The highest BCUT2D eigenvalue weighted by molar-refractivity contribution is 9.10. The largest absolute Gasteiger partial charge is 0.469 e. The Morgan fingerprint density at radius 2 is 2.21 bits per heavy atom. The Labute approximate surface area is 96.3 Å². The van der Waals surface area contributed by atoms with Crippen molar-refractivity contribution in [1.82, 2.24) is 0 Å². The number of carbonyl (C=O) groups excluding carboxylic acids is 1. The summed E-state index contributed by atoms with van der Waals surface area (Å²) < 4.78 is 5.42. The molecular weight excluding hydrogens is 267 g/mol. The summed E-state index contributed by atoms with van der Waals surface area (Å²) in [5, 5.41) is 0.616. The number of carbonyl (C=O) groups is 1. The van der Waals surface area contributed by atoms with Crippen molar-refractivity contribution >= 4 is 33.5 Å². The number of halogens is 2. The van der Waals surface area contributed by atoms with Gasteiger partial charge in [-0.05, 0) is 24.1 Å². The van der Waals surface area contributed by atoms with Crippen LogP contribution in [0, 0.1) is 6.92 Å². The minimum absolute atomic E-state index is 0.192. The van der Waals surface area contributed by atoms with Gasteiger partial charge in [0.05, 0.1) is 13.5 Å². The molecule has 0 fully saturated rings. The van der Waals surface area contributed by atoms with Crippen LogP contribution in [0.2, 0.25) is 5.02 Å². The van der Waals surface area contributed by atoms with Crippen LogP contribution in [0.15, 0.2) is 16.6 Å². The van der Waals surface area contributed by atoms with Crippen molar-refractivity contribution in [3.05, 3.63) is 32.8 Å². The Hall–Kier alpha value is -0.540. The number of esters is 1. The number of benzene rings is 1. The first-order valence-electron chi connectivity index (χ1n) is 4.06. The maximum atomic E-state index is 11.1. The molecule has 0 radical (unpaired) electrons. The number of hydrogen-bond donors (Lipinski definition) is 0. The average Bonchev–Trinajstić information content (AvgIpc) is 2.18. The molecule has 0 aliphatic rings. The number of ether oxygens (including phenoxy) is 1. The van der Waals surface area contributed by atoms with E-state index in [4.69, 9.17) is 11.6 Å². The van der Waals surface area contributed by atoms with Gasteiger partial charge in [0.2, 0.25) is 0 Å². The fourth-order valence-corrected chi connectivity index (χ4v) is 1.91. The minimum Gasteiger partial charge on any atom is -0.469 e. The second-order valence-corrected chi connectivity index (χ2v) is 4.14. The molecule has 1 rings (SSSR count). The van der Waals surface area contributed by atoms with E-state index in [1.54, 1.807) is 0 Å². The summed E-state index contributed by atoms with van der Waals surface area (Å²) in [5.41, 5.74) is 1.73. The summed E-state index contributed by atoms with van der Waals surface area (Å²) in [6, 6.07) is 3.77. The fraction of sp³-hybridized carbons (Fsp3) is 0.300. The molecule has 1 aromatic rings. The van der Waals surface area contributed by atoms with Gasteiger partial charge in [0.1, 0.15) is 0 Å². The lowest BCUT2D eigenvalue weighted by Crippen LogP contribution is -2.06. The summed E-state index contributed by atoms with van der Waals surface area (Å²) in [6.45, 7) is 1.90. The van der Waals surface area contributed by atoms with Gasteiger partial charge in [0.25, 0.3) is 0 Å². The molecule has 0 atom stereocenters. The summed E-state index contributed by atoms with van der Waals surface area (Å²) in [7, 11) is 1.36. The first-order chi connectivity index (χ1) is 6.56. The van der Waals surface area contributed by atoms with Crippen molar-refractivity contribution in [3.63, 3.8) is 0 Å². The van der Waals surface area contributed by atoms with Gasteiger partial charge in [-0.15, -0.1) is 0 Å². The normalized spacial score (nSPS) is 10.0. The van der Waals surface area contributed by atoms with Crippen molar-refractivity contribution in [3.8, 4) is 0 Å². The highest BCUT2D eigenvalue weighted by Crippen LogP contribution is 2.28. The predicted octanol–water partition coefficient (Wildman–Crippen LogP) is 3.13. The molecule has 0 N–H and O–H groups in total. The molecule has 0 saturated carbocycles. The van der Waals surface area contributed by atoms with Gasteiger partial charge in [-0.3, -0.25) is 4.79 Å². The van der Waals surface area contributed by atoms with E-state index in [-0.39, 0.29) is 12.4 Å². The van der Waals surface area contributed by atoms with Gasteiger partial charge >= 0.3 is 5.97 Å². The molecule has 0 bridgehead atoms. The topological polar surface area (TPSA) is 26.3 Å². The highest BCUT2D eigenvalue weighted by atomic mass is 79.9. The zero-order valence-electron chi connectivity index (χ0n) is 7.93. The monoisotopic (exact) mass is 276 g/mol. The van der Waals surface area contributed by atoms with Crippen LogP contribution in [-0.4, -0.2) is 13.1 Å². The quantitative estimate of drug-likeness (QED) is 0.776. The zero-order chi connectivity index (χ0) is 10.7. The Kier molecular flexibility index (Phi) is 3.96. The van der Waals surface area contributed by atoms with Crippen molar-refractivity contribution in [2.24, 2.45) is 0 Å². The highest BCUT2D eigenvalue weighted by Gasteiger charge is 2.12. The summed E-state index contributed by atoms with van der Waals surface area (Å²) >= 11 is 9.41. The second-order valence-electron chi connectivity index (χ2n) is 2.91. The van der Waals surface area contributed by atoms with E-state index in [1.807, 2.05) is 19.1 Å². The maximum Gasteiger partial charge on any atom is 0.310 e. The molecule has 0 saturated heterocycles. The molecule has 0 aliphatic heterocycles. The molecule has 14 heavy (non-hydrogen) atoms. The van der Waals surface area contributed by atoms with E-state index >= 15 is 0 Å². The van der Waals surface area contributed by atoms with Gasteiger partial charge in [-0.25, -0.2) is 0 Å². The van der Waals surface area contributed by atoms with Crippen molar-refractivity contribution in [2.45, 2.75) is 13.3 Å². The minimum atomic E-state index is -0.293. The van der Waals surface area contributed by atoms with E-state index in [1.165, 1.54) is 7.11 Å².